The highest BCUT2D eigenvalue weighted by Gasteiger charge is 2.50. The maximum atomic E-state index is 14.7. The molecule has 0 spiro atoms. The molecular formula is C30H30FNO4Si. The number of pyridine rings is 1. The topological polar surface area (TPSA) is 68.7 Å². The normalized spacial score (nSPS) is 11.8. The summed E-state index contributed by atoms with van der Waals surface area (Å²) in [6.45, 7) is 6.76. The number of carboxylic acid groups (broad SMARTS) is 1. The molecule has 0 aliphatic rings. The van der Waals surface area contributed by atoms with Crippen molar-refractivity contribution in [3.05, 3.63) is 120 Å². The third kappa shape index (κ3) is 5.79. The second kappa shape index (κ2) is 11.1. The van der Waals surface area contributed by atoms with Crippen molar-refractivity contribution < 1.29 is 23.5 Å². The summed E-state index contributed by atoms with van der Waals surface area (Å²) in [5.74, 6) is -1.56. The number of aromatic nitrogens is 1. The highest BCUT2D eigenvalue weighted by Crippen LogP contribution is 2.37. The van der Waals surface area contributed by atoms with E-state index < -0.39 is 20.1 Å². The van der Waals surface area contributed by atoms with Gasteiger partial charge in [-0.15, -0.1) is 0 Å². The summed E-state index contributed by atoms with van der Waals surface area (Å²) in [5, 5.41) is 11.4. The van der Waals surface area contributed by atoms with Crippen LogP contribution in [0.4, 0.5) is 4.39 Å². The Kier molecular flexibility index (Phi) is 7.85. The standard InChI is InChI=1S/C30H30FNO4Si/c1-30(2,3)37(25-11-6-4-7-12-25,26-13-8-5-9-14-26)36-21-23-17-22(18-24(31)19-23)20-35-28-27(29(33)34)15-10-16-32-28/h4-19H,20-21H2,1-3H3,(H,33,34). The Morgan fingerprint density at radius 1 is 0.865 bits per heavy atom. The van der Waals surface area contributed by atoms with Crippen molar-refractivity contribution in [1.29, 1.82) is 0 Å². The van der Waals surface area contributed by atoms with E-state index in [0.29, 0.717) is 11.1 Å². The molecule has 7 heteroatoms. The molecule has 0 saturated carbocycles. The van der Waals surface area contributed by atoms with Crippen molar-refractivity contribution in [2.75, 3.05) is 0 Å². The Bertz CT molecular complexity index is 1320. The van der Waals surface area contributed by atoms with Gasteiger partial charge in [0, 0.05) is 6.20 Å². The van der Waals surface area contributed by atoms with E-state index in [4.69, 9.17) is 9.16 Å². The number of aromatic carboxylic acids is 1. The highest BCUT2D eigenvalue weighted by atomic mass is 28.4. The third-order valence-corrected chi connectivity index (χ3v) is 11.2. The number of rotatable bonds is 9. The number of hydrogen-bond acceptors (Lipinski definition) is 4. The van der Waals surface area contributed by atoms with Crippen LogP contribution in [-0.4, -0.2) is 24.4 Å². The zero-order valence-corrected chi connectivity index (χ0v) is 22.1. The minimum atomic E-state index is -2.79. The molecule has 0 amide bonds. The van der Waals surface area contributed by atoms with Gasteiger partial charge < -0.3 is 14.3 Å². The summed E-state index contributed by atoms with van der Waals surface area (Å²) in [6.07, 6.45) is 1.45. The van der Waals surface area contributed by atoms with Gasteiger partial charge in [0.2, 0.25) is 5.88 Å². The Morgan fingerprint density at radius 3 is 1.97 bits per heavy atom. The van der Waals surface area contributed by atoms with Crippen LogP contribution in [0.2, 0.25) is 5.04 Å². The molecule has 4 rings (SSSR count). The van der Waals surface area contributed by atoms with E-state index in [1.807, 2.05) is 42.5 Å². The molecule has 1 aromatic heterocycles. The molecule has 0 unspecified atom stereocenters. The van der Waals surface area contributed by atoms with Crippen LogP contribution in [0.5, 0.6) is 5.88 Å². The van der Waals surface area contributed by atoms with Gasteiger partial charge in [-0.25, -0.2) is 14.2 Å². The van der Waals surface area contributed by atoms with Crippen molar-refractivity contribution in [3.8, 4) is 5.88 Å². The average molecular weight is 516 g/mol. The molecule has 5 nitrogen and oxygen atoms in total. The monoisotopic (exact) mass is 515 g/mol. The Hall–Kier alpha value is -3.81. The molecule has 0 fully saturated rings. The zero-order valence-electron chi connectivity index (χ0n) is 21.1. The largest absolute Gasteiger partial charge is 0.477 e. The fourth-order valence-corrected chi connectivity index (χ4v) is 9.20. The fourth-order valence-electron chi connectivity index (χ4n) is 4.66. The van der Waals surface area contributed by atoms with Crippen LogP contribution in [0.25, 0.3) is 0 Å². The Labute approximate surface area is 217 Å². The molecule has 0 radical (unpaired) electrons. The summed E-state index contributed by atoms with van der Waals surface area (Å²) < 4.78 is 27.2. The highest BCUT2D eigenvalue weighted by molar-refractivity contribution is 6.99. The maximum Gasteiger partial charge on any atom is 0.341 e. The van der Waals surface area contributed by atoms with Crippen LogP contribution < -0.4 is 15.1 Å². The molecule has 0 bridgehead atoms. The van der Waals surface area contributed by atoms with Crippen LogP contribution in [0.15, 0.2) is 97.2 Å². The molecule has 4 aromatic rings. The van der Waals surface area contributed by atoms with Gasteiger partial charge in [0.15, 0.2) is 0 Å². The molecule has 1 heterocycles. The number of carboxylic acids is 1. The van der Waals surface area contributed by atoms with Crippen LogP contribution in [0.1, 0.15) is 42.3 Å². The quantitative estimate of drug-likeness (QED) is 0.295. The summed E-state index contributed by atoms with van der Waals surface area (Å²) >= 11 is 0. The van der Waals surface area contributed by atoms with Crippen molar-refractivity contribution in [1.82, 2.24) is 4.98 Å². The smallest absolute Gasteiger partial charge is 0.341 e. The van der Waals surface area contributed by atoms with Crippen molar-refractivity contribution in [3.63, 3.8) is 0 Å². The molecule has 0 atom stereocenters. The molecule has 0 aliphatic heterocycles. The molecule has 1 N–H and O–H groups in total. The molecule has 190 valence electrons. The van der Waals surface area contributed by atoms with Gasteiger partial charge in [-0.3, -0.25) is 0 Å². The predicted molar refractivity (Wildman–Crippen MR) is 144 cm³/mol. The predicted octanol–water partition coefficient (Wildman–Crippen LogP) is 5.57. The molecule has 37 heavy (non-hydrogen) atoms. The lowest BCUT2D eigenvalue weighted by molar-refractivity contribution is 0.0690. The summed E-state index contributed by atoms with van der Waals surface area (Å²) in [6, 6.07) is 28.1. The lowest BCUT2D eigenvalue weighted by atomic mass is 10.1. The average Bonchev–Trinajstić information content (AvgIpc) is 2.88. The lowest BCUT2D eigenvalue weighted by Crippen LogP contribution is -2.66. The van der Waals surface area contributed by atoms with Crippen molar-refractivity contribution >= 4 is 24.7 Å². The van der Waals surface area contributed by atoms with E-state index >= 15 is 0 Å². The molecule has 0 aliphatic carbocycles. The van der Waals surface area contributed by atoms with Gasteiger partial charge in [0.05, 0.1) is 6.61 Å². The zero-order chi connectivity index (χ0) is 26.5. The number of ether oxygens (including phenoxy) is 1. The van der Waals surface area contributed by atoms with E-state index in [-0.39, 0.29) is 29.7 Å². The Morgan fingerprint density at radius 2 is 1.43 bits per heavy atom. The van der Waals surface area contributed by atoms with E-state index in [0.717, 1.165) is 10.4 Å². The second-order valence-electron chi connectivity index (χ2n) is 9.87. The van der Waals surface area contributed by atoms with Crippen molar-refractivity contribution in [2.24, 2.45) is 0 Å². The van der Waals surface area contributed by atoms with E-state index in [1.54, 1.807) is 0 Å². The van der Waals surface area contributed by atoms with Gasteiger partial charge in [-0.1, -0.05) is 81.4 Å². The maximum absolute atomic E-state index is 14.7. The number of carbonyl (C=O) groups is 1. The second-order valence-corrected chi connectivity index (χ2v) is 14.2. The van der Waals surface area contributed by atoms with E-state index in [1.165, 1.54) is 30.5 Å². The first-order chi connectivity index (χ1) is 17.7. The van der Waals surface area contributed by atoms with E-state index in [2.05, 4.69) is 50.0 Å². The van der Waals surface area contributed by atoms with Crippen LogP contribution in [-0.2, 0) is 17.6 Å². The number of hydrogen-bond donors (Lipinski definition) is 1. The van der Waals surface area contributed by atoms with Crippen LogP contribution >= 0.6 is 0 Å². The minimum Gasteiger partial charge on any atom is -0.477 e. The first kappa shape index (κ1) is 26.3. The molecular weight excluding hydrogens is 485 g/mol. The number of halogens is 1. The summed E-state index contributed by atoms with van der Waals surface area (Å²) in [4.78, 5) is 15.4. The SMILES string of the molecule is CC(C)(C)[Si](OCc1cc(F)cc(COc2ncccc2C(=O)O)c1)(c1ccccc1)c1ccccc1. The van der Waals surface area contributed by atoms with Gasteiger partial charge in [0.25, 0.3) is 8.32 Å². The number of benzene rings is 3. The van der Waals surface area contributed by atoms with E-state index in [9.17, 15) is 14.3 Å². The van der Waals surface area contributed by atoms with Crippen LogP contribution in [0, 0.1) is 5.82 Å². The summed E-state index contributed by atoms with van der Waals surface area (Å²) in [5.41, 5.74) is 1.18. The Balaban J connectivity index is 1.64. The van der Waals surface area contributed by atoms with Gasteiger partial charge >= 0.3 is 5.97 Å². The van der Waals surface area contributed by atoms with Gasteiger partial charge in [0.1, 0.15) is 18.0 Å². The first-order valence-electron chi connectivity index (χ1n) is 12.0. The fraction of sp³-hybridized carbons (Fsp3) is 0.200. The number of nitrogens with zero attached hydrogens (tertiary/aromatic N) is 1. The lowest BCUT2D eigenvalue weighted by Gasteiger charge is -2.43. The van der Waals surface area contributed by atoms with Gasteiger partial charge in [-0.2, -0.15) is 0 Å². The molecule has 3 aromatic carbocycles. The molecule has 0 saturated heterocycles. The van der Waals surface area contributed by atoms with Crippen LogP contribution in [0.3, 0.4) is 0 Å². The third-order valence-electron chi connectivity index (χ3n) is 6.27. The van der Waals surface area contributed by atoms with Gasteiger partial charge in [-0.05, 0) is 56.9 Å². The van der Waals surface area contributed by atoms with Crippen molar-refractivity contribution in [2.45, 2.75) is 39.0 Å². The first-order valence-corrected chi connectivity index (χ1v) is 14.0. The summed E-state index contributed by atoms with van der Waals surface area (Å²) in [7, 11) is -2.79. The minimum absolute atomic E-state index is 0.00984.